The van der Waals surface area contributed by atoms with Gasteiger partial charge in [-0.3, -0.25) is 0 Å². The Hall–Kier alpha value is -1.37. The molecule has 0 aliphatic heterocycles. The number of aromatic nitrogens is 2. The quantitative estimate of drug-likeness (QED) is 0.705. The Bertz CT molecular complexity index is 355. The predicted octanol–water partition coefficient (Wildman–Crippen LogP) is 0.561. The van der Waals surface area contributed by atoms with Gasteiger partial charge in [0.25, 0.3) is 0 Å². The van der Waals surface area contributed by atoms with Gasteiger partial charge in [-0.2, -0.15) is 0 Å². The maximum atomic E-state index is 10.5. The molecule has 7 heteroatoms. The van der Waals surface area contributed by atoms with Crippen molar-refractivity contribution in [1.29, 1.82) is 0 Å². The third kappa shape index (κ3) is 1.86. The zero-order chi connectivity index (χ0) is 10.0. The summed E-state index contributed by atoms with van der Waals surface area (Å²) in [7, 11) is 1.63. The second-order valence-corrected chi connectivity index (χ2v) is 2.90. The highest BCUT2D eigenvalue weighted by atomic mass is 79.9. The Labute approximate surface area is 82.3 Å². The molecular weight excluding hydrogens is 240 g/mol. The van der Waals surface area contributed by atoms with E-state index in [9.17, 15) is 4.79 Å². The summed E-state index contributed by atoms with van der Waals surface area (Å²) in [5.41, 5.74) is 5.09. The first-order valence-corrected chi connectivity index (χ1v) is 4.09. The number of hydrogen-bond donors (Lipinski definition) is 3. The highest BCUT2D eigenvalue weighted by Crippen LogP contribution is 2.20. The van der Waals surface area contributed by atoms with Gasteiger partial charge in [0, 0.05) is 7.05 Å². The first-order valence-electron chi connectivity index (χ1n) is 3.30. The van der Waals surface area contributed by atoms with Gasteiger partial charge in [-0.25, -0.2) is 14.8 Å². The second kappa shape index (κ2) is 3.56. The average molecular weight is 247 g/mol. The van der Waals surface area contributed by atoms with Crippen molar-refractivity contribution in [2.75, 3.05) is 18.1 Å². The molecule has 1 aromatic heterocycles. The molecule has 0 unspecified atom stereocenters. The zero-order valence-corrected chi connectivity index (χ0v) is 8.29. The van der Waals surface area contributed by atoms with Gasteiger partial charge in [-0.05, 0) is 15.9 Å². The number of halogens is 1. The van der Waals surface area contributed by atoms with E-state index in [0.29, 0.717) is 10.4 Å². The van der Waals surface area contributed by atoms with Crippen LogP contribution in [0.1, 0.15) is 10.5 Å². The van der Waals surface area contributed by atoms with Crippen LogP contribution in [0.15, 0.2) is 4.60 Å². The van der Waals surface area contributed by atoms with E-state index in [4.69, 9.17) is 10.8 Å². The van der Waals surface area contributed by atoms with Gasteiger partial charge in [0.05, 0.1) is 0 Å². The lowest BCUT2D eigenvalue weighted by Crippen LogP contribution is -2.10. The summed E-state index contributed by atoms with van der Waals surface area (Å²) >= 11 is 3.05. The summed E-state index contributed by atoms with van der Waals surface area (Å²) in [5, 5.41) is 11.3. The summed E-state index contributed by atoms with van der Waals surface area (Å²) in [6.07, 6.45) is 0. The van der Waals surface area contributed by atoms with E-state index in [-0.39, 0.29) is 11.5 Å². The highest BCUT2D eigenvalue weighted by Gasteiger charge is 2.14. The number of carbonyl (C=O) groups is 1. The largest absolute Gasteiger partial charge is 0.476 e. The summed E-state index contributed by atoms with van der Waals surface area (Å²) in [4.78, 5) is 18.0. The van der Waals surface area contributed by atoms with E-state index in [1.54, 1.807) is 7.05 Å². The van der Waals surface area contributed by atoms with Crippen molar-refractivity contribution in [3.8, 4) is 0 Å². The van der Waals surface area contributed by atoms with Gasteiger partial charge in [-0.1, -0.05) is 0 Å². The SMILES string of the molecule is CNc1nc(N)c(C(=O)O)nc1Br. The van der Waals surface area contributed by atoms with Crippen LogP contribution in [0.5, 0.6) is 0 Å². The van der Waals surface area contributed by atoms with Crippen molar-refractivity contribution in [1.82, 2.24) is 9.97 Å². The summed E-state index contributed by atoms with van der Waals surface area (Å²) in [6.45, 7) is 0. The smallest absolute Gasteiger partial charge is 0.358 e. The van der Waals surface area contributed by atoms with E-state index in [1.807, 2.05) is 0 Å². The Kier molecular flexibility index (Phi) is 2.66. The van der Waals surface area contributed by atoms with Gasteiger partial charge < -0.3 is 16.2 Å². The Balaban J connectivity index is 3.28. The second-order valence-electron chi connectivity index (χ2n) is 2.15. The molecule has 1 heterocycles. The summed E-state index contributed by atoms with van der Waals surface area (Å²) < 4.78 is 0.321. The molecule has 4 N–H and O–H groups in total. The fourth-order valence-corrected chi connectivity index (χ4v) is 1.21. The third-order valence-electron chi connectivity index (χ3n) is 1.32. The lowest BCUT2D eigenvalue weighted by molar-refractivity contribution is 0.0691. The number of carboxylic acids is 1. The minimum absolute atomic E-state index is 0.111. The first-order chi connectivity index (χ1) is 6.06. The molecule has 0 fully saturated rings. The van der Waals surface area contributed by atoms with Crippen molar-refractivity contribution in [2.45, 2.75) is 0 Å². The topological polar surface area (TPSA) is 101 Å². The summed E-state index contributed by atoms with van der Waals surface area (Å²) in [5.74, 6) is -0.907. The number of nitrogens with one attached hydrogen (secondary N) is 1. The fraction of sp³-hybridized carbons (Fsp3) is 0.167. The van der Waals surface area contributed by atoms with Gasteiger partial charge >= 0.3 is 5.97 Å². The van der Waals surface area contributed by atoms with Crippen LogP contribution in [-0.2, 0) is 0 Å². The number of anilines is 2. The van der Waals surface area contributed by atoms with Gasteiger partial charge in [0.2, 0.25) is 0 Å². The molecule has 0 bridgehead atoms. The molecule has 0 aliphatic rings. The summed E-state index contributed by atoms with van der Waals surface area (Å²) in [6, 6.07) is 0. The molecule has 0 spiro atoms. The Morgan fingerprint density at radius 1 is 1.62 bits per heavy atom. The van der Waals surface area contributed by atoms with Crippen LogP contribution in [0.4, 0.5) is 11.6 Å². The number of nitrogen functional groups attached to an aromatic ring is 1. The number of hydrogen-bond acceptors (Lipinski definition) is 5. The average Bonchev–Trinajstić information content (AvgIpc) is 2.07. The van der Waals surface area contributed by atoms with Crippen molar-refractivity contribution < 1.29 is 9.90 Å². The molecule has 13 heavy (non-hydrogen) atoms. The molecule has 0 aliphatic carbocycles. The molecule has 0 radical (unpaired) electrons. The lowest BCUT2D eigenvalue weighted by Gasteiger charge is -2.04. The maximum Gasteiger partial charge on any atom is 0.358 e. The Morgan fingerprint density at radius 3 is 2.69 bits per heavy atom. The van der Waals surface area contributed by atoms with E-state index >= 15 is 0 Å². The van der Waals surface area contributed by atoms with Crippen molar-refractivity contribution in [3.05, 3.63) is 10.3 Å². The molecule has 0 saturated carbocycles. The van der Waals surface area contributed by atoms with Gasteiger partial charge in [-0.15, -0.1) is 0 Å². The van der Waals surface area contributed by atoms with Crippen LogP contribution in [0.2, 0.25) is 0 Å². The number of carboxylic acid groups (broad SMARTS) is 1. The minimum Gasteiger partial charge on any atom is -0.476 e. The van der Waals surface area contributed by atoms with E-state index in [0.717, 1.165) is 0 Å². The van der Waals surface area contributed by atoms with Gasteiger partial charge in [0.1, 0.15) is 4.60 Å². The van der Waals surface area contributed by atoms with E-state index in [2.05, 4.69) is 31.2 Å². The van der Waals surface area contributed by atoms with E-state index < -0.39 is 5.97 Å². The third-order valence-corrected chi connectivity index (χ3v) is 1.87. The van der Waals surface area contributed by atoms with Crippen molar-refractivity contribution in [3.63, 3.8) is 0 Å². The van der Waals surface area contributed by atoms with Crippen molar-refractivity contribution >= 4 is 33.5 Å². The molecule has 0 atom stereocenters. The predicted molar refractivity (Wildman–Crippen MR) is 50.7 cm³/mol. The number of aromatic carboxylic acids is 1. The van der Waals surface area contributed by atoms with Crippen LogP contribution >= 0.6 is 15.9 Å². The van der Waals surface area contributed by atoms with Crippen LogP contribution in [0.3, 0.4) is 0 Å². The van der Waals surface area contributed by atoms with Gasteiger partial charge in [0.15, 0.2) is 17.3 Å². The normalized spacial score (nSPS) is 9.69. The van der Waals surface area contributed by atoms with Crippen molar-refractivity contribution in [2.24, 2.45) is 0 Å². The van der Waals surface area contributed by atoms with Crippen LogP contribution < -0.4 is 11.1 Å². The number of rotatable bonds is 2. The standard InChI is InChI=1S/C6H7BrN4O2/c1-9-5-3(7)10-2(6(12)13)4(8)11-5/h1H3,(H,12,13)(H3,8,9,11). The maximum absolute atomic E-state index is 10.5. The minimum atomic E-state index is -1.20. The highest BCUT2D eigenvalue weighted by molar-refractivity contribution is 9.10. The molecule has 1 aromatic rings. The molecular formula is C6H7BrN4O2. The number of nitrogens with two attached hydrogens (primary N) is 1. The lowest BCUT2D eigenvalue weighted by atomic mass is 10.4. The molecule has 6 nitrogen and oxygen atoms in total. The molecule has 0 amide bonds. The Morgan fingerprint density at radius 2 is 2.23 bits per heavy atom. The molecule has 1 rings (SSSR count). The first kappa shape index (κ1) is 9.72. The molecule has 70 valence electrons. The van der Waals surface area contributed by atoms with Crippen LogP contribution in [0.25, 0.3) is 0 Å². The van der Waals surface area contributed by atoms with Crippen LogP contribution in [-0.4, -0.2) is 28.1 Å². The zero-order valence-electron chi connectivity index (χ0n) is 6.71. The molecule has 0 aromatic carbocycles. The number of nitrogens with zero attached hydrogens (tertiary/aromatic N) is 2. The molecule has 0 saturated heterocycles. The fourth-order valence-electron chi connectivity index (χ4n) is 0.744. The monoisotopic (exact) mass is 246 g/mol. The van der Waals surface area contributed by atoms with E-state index in [1.165, 1.54) is 0 Å². The van der Waals surface area contributed by atoms with Crippen LogP contribution in [0, 0.1) is 0 Å².